The van der Waals surface area contributed by atoms with E-state index in [2.05, 4.69) is 0 Å². The van der Waals surface area contributed by atoms with Gasteiger partial charge in [-0.25, -0.2) is 0 Å². The molecule has 0 aliphatic heterocycles. The summed E-state index contributed by atoms with van der Waals surface area (Å²) in [5.41, 5.74) is 0. The molecule has 0 aromatic rings. The first-order chi connectivity index (χ1) is 2.27. The number of rotatable bonds is 0. The molecule has 0 rings (SSSR count). The molecule has 3 heteroatoms. The zero-order valence-corrected chi connectivity index (χ0v) is 4.25. The summed E-state index contributed by atoms with van der Waals surface area (Å²) in [6.07, 6.45) is 3.50. The van der Waals surface area contributed by atoms with Crippen molar-refractivity contribution < 1.29 is 0 Å². The Balaban J connectivity index is 3.82. The van der Waals surface area contributed by atoms with Gasteiger partial charge in [0.05, 0.1) is 0 Å². The van der Waals surface area contributed by atoms with Gasteiger partial charge in [0, 0.05) is 0 Å². The second-order valence-corrected chi connectivity index (χ2v) is 2.28. The molecule has 0 heterocycles. The fraction of sp³-hybridized carbons (Fsp3) is 1.00. The first kappa shape index (κ1) is 4.99. The van der Waals surface area contributed by atoms with Crippen LogP contribution in [0.25, 0.3) is 0 Å². The maximum atomic E-state index is 8.33. The van der Waals surface area contributed by atoms with Crippen LogP contribution in [0.1, 0.15) is 0 Å². The van der Waals surface area contributed by atoms with Gasteiger partial charge in [-0.3, -0.25) is 0 Å². The first-order valence-electron chi connectivity index (χ1n) is 1.40. The fourth-order valence-electron chi connectivity index (χ4n) is 0. The van der Waals surface area contributed by atoms with Crippen LogP contribution in [0, 0.1) is 4.61 Å². The molecule has 0 aliphatic rings. The van der Waals surface area contributed by atoms with E-state index in [1.54, 1.807) is 12.4 Å². The normalized spacial score (nSPS) is 10.2. The summed E-state index contributed by atoms with van der Waals surface area (Å²) in [6.45, 7) is 1.84. The Morgan fingerprint density at radius 1 is 1.80 bits per heavy atom. The van der Waals surface area contributed by atoms with Gasteiger partial charge in [0.1, 0.15) is 0 Å². The van der Waals surface area contributed by atoms with Crippen LogP contribution < -0.4 is 0 Å². The number of hydrogen-bond acceptors (Lipinski definition) is 1. The summed E-state index contributed by atoms with van der Waals surface area (Å²) < 4.78 is 8.33. The van der Waals surface area contributed by atoms with Crippen molar-refractivity contribution in [3.05, 3.63) is 0 Å². The Kier molecular flexibility index (Phi) is 2.24. The van der Waals surface area contributed by atoms with Crippen LogP contribution in [0.15, 0.2) is 0 Å². The molecule has 0 amide bonds. The Bertz CT molecular complexity index is 120. The molecule has 5 heavy (non-hydrogen) atoms. The van der Waals surface area contributed by atoms with Crippen molar-refractivity contribution in [3.8, 4) is 0 Å². The predicted molar refractivity (Wildman–Crippen MR) is 26.9 cm³/mol. The minimum absolute atomic E-state index is 0.448. The summed E-state index contributed by atoms with van der Waals surface area (Å²) >= 11 is 0. The summed E-state index contributed by atoms with van der Waals surface area (Å²) in [4.78, 5) is 0. The van der Waals surface area contributed by atoms with Crippen molar-refractivity contribution in [2.75, 3.05) is 6.26 Å². The van der Waals surface area contributed by atoms with E-state index in [9.17, 15) is 0 Å². The SMILES string of the molecule is CB=S(C)#N. The molecule has 28 valence electrons. The molecule has 0 bridgehead atoms. The summed E-state index contributed by atoms with van der Waals surface area (Å²) in [5, 5.41) is 0. The molecule has 0 spiro atoms. The van der Waals surface area contributed by atoms with Crippen LogP contribution in [0.3, 0.4) is 0 Å². The van der Waals surface area contributed by atoms with Crippen molar-refractivity contribution in [1.29, 1.82) is 4.61 Å². The van der Waals surface area contributed by atoms with E-state index < -0.39 is 9.95 Å². The van der Waals surface area contributed by atoms with Gasteiger partial charge in [-0.05, 0) is 0 Å². The molecule has 1 nitrogen and oxygen atoms in total. The van der Waals surface area contributed by atoms with Gasteiger partial charge in [0.2, 0.25) is 0 Å². The van der Waals surface area contributed by atoms with E-state index in [-0.39, 0.29) is 0 Å². The Morgan fingerprint density at radius 2 is 2.00 bits per heavy atom. The molecule has 0 saturated heterocycles. The third-order valence-corrected chi connectivity index (χ3v) is 1.02. The van der Waals surface area contributed by atoms with Crippen LogP contribution in [-0.4, -0.2) is 12.4 Å². The average molecular weight is 87.0 g/mol. The maximum absolute atomic E-state index is 8.33. The molecule has 0 aliphatic carbocycles. The summed E-state index contributed by atoms with van der Waals surface area (Å²) in [7, 11) is -0.448. The quantitative estimate of drug-likeness (QED) is 0.405. The van der Waals surface area contributed by atoms with Crippen molar-refractivity contribution in [1.82, 2.24) is 0 Å². The molecule has 0 fully saturated rings. The Morgan fingerprint density at radius 3 is 2.00 bits per heavy atom. The fourth-order valence-corrected chi connectivity index (χ4v) is 0. The molecular formula is C2H6BNS. The van der Waals surface area contributed by atoms with Crippen LogP contribution in [0.5, 0.6) is 0 Å². The van der Waals surface area contributed by atoms with Gasteiger partial charge < -0.3 is 0 Å². The van der Waals surface area contributed by atoms with Crippen LogP contribution >= 0.6 is 9.95 Å². The van der Waals surface area contributed by atoms with Crippen molar-refractivity contribution in [2.24, 2.45) is 0 Å². The van der Waals surface area contributed by atoms with Crippen LogP contribution in [-0.2, 0) is 0 Å². The number of nitrogens with zero attached hydrogens (tertiary/aromatic N) is 1. The van der Waals surface area contributed by atoms with Crippen molar-refractivity contribution in [2.45, 2.75) is 6.82 Å². The Labute approximate surface area is 34.6 Å². The van der Waals surface area contributed by atoms with Gasteiger partial charge in [0.15, 0.2) is 0 Å². The second-order valence-electron chi connectivity index (χ2n) is 0.759. The molecule has 0 aromatic carbocycles. The zero-order valence-electron chi connectivity index (χ0n) is 3.43. The van der Waals surface area contributed by atoms with E-state index in [1.165, 1.54) is 0 Å². The average Bonchev–Trinajstić information content (AvgIpc) is 1.38. The molecule has 0 atom stereocenters. The molecule has 0 radical (unpaired) electrons. The third-order valence-electron chi connectivity index (χ3n) is 0.341. The minimum atomic E-state index is -0.448. The van der Waals surface area contributed by atoms with Gasteiger partial charge in [0.25, 0.3) is 0 Å². The molecule has 0 N–H and O–H groups in total. The third kappa shape index (κ3) is 3.99. The van der Waals surface area contributed by atoms with E-state index in [1.807, 2.05) is 6.82 Å². The monoisotopic (exact) mass is 87.0 g/mol. The summed E-state index contributed by atoms with van der Waals surface area (Å²) in [5.74, 6) is 0. The van der Waals surface area contributed by atoms with E-state index >= 15 is 0 Å². The topological polar surface area (TPSA) is 23.8 Å². The molecule has 0 unspecified atom stereocenters. The number of hydrogen-bond donors (Lipinski definition) is 0. The van der Waals surface area contributed by atoms with Gasteiger partial charge in [-0.15, -0.1) is 0 Å². The van der Waals surface area contributed by atoms with E-state index in [0.717, 1.165) is 0 Å². The standard InChI is InChI=1S/C2H6BNS/c1-3-5(2)4/h1-2H3. The van der Waals surface area contributed by atoms with Crippen molar-refractivity contribution in [3.63, 3.8) is 0 Å². The van der Waals surface area contributed by atoms with Crippen LogP contribution in [0.4, 0.5) is 0 Å². The summed E-state index contributed by atoms with van der Waals surface area (Å²) in [6, 6.07) is 0. The molecule has 0 saturated carbocycles. The Hall–Kier alpha value is -0.00506. The van der Waals surface area contributed by atoms with E-state index in [4.69, 9.17) is 4.61 Å². The molecule has 0 aromatic heterocycles. The zero-order chi connectivity index (χ0) is 4.28. The van der Waals surface area contributed by atoms with E-state index in [0.29, 0.717) is 0 Å². The predicted octanol–water partition coefficient (Wildman–Crippen LogP) is 1.03. The van der Waals surface area contributed by atoms with Crippen molar-refractivity contribution >= 4 is 16.1 Å². The van der Waals surface area contributed by atoms with Gasteiger partial charge in [-0.1, -0.05) is 0 Å². The van der Waals surface area contributed by atoms with Crippen LogP contribution in [0.2, 0.25) is 6.82 Å². The first-order valence-corrected chi connectivity index (χ1v) is 3.06. The second kappa shape index (κ2) is 2.25. The van der Waals surface area contributed by atoms with Gasteiger partial charge in [-0.2, -0.15) is 0 Å². The van der Waals surface area contributed by atoms with Gasteiger partial charge >= 0.3 is 33.8 Å². The molecular weight excluding hydrogens is 80.9 g/mol.